The Labute approximate surface area is 113 Å². The molecule has 0 aliphatic heterocycles. The van der Waals surface area contributed by atoms with E-state index in [1.807, 2.05) is 0 Å². The fourth-order valence-electron chi connectivity index (χ4n) is 2.47. The molecule has 1 atom stereocenters. The van der Waals surface area contributed by atoms with Crippen molar-refractivity contribution in [2.75, 3.05) is 0 Å². The molecule has 104 valence electrons. The number of pyridine rings is 1. The Kier molecular flexibility index (Phi) is 3.22. The Hall–Kier alpha value is -2.24. The number of halogens is 2. The number of nitrogens with zero attached hydrogens (tertiary/aromatic N) is 1. The molecule has 1 amide bonds. The van der Waals surface area contributed by atoms with Crippen molar-refractivity contribution >= 4 is 5.91 Å². The number of rotatable bonds is 2. The molecule has 1 unspecified atom stereocenters. The summed E-state index contributed by atoms with van der Waals surface area (Å²) in [6.45, 7) is 0. The lowest BCUT2D eigenvalue weighted by atomic mass is 9.93. The third-order valence-electron chi connectivity index (χ3n) is 3.45. The zero-order valence-corrected chi connectivity index (χ0v) is 10.5. The molecule has 6 heteroatoms. The zero-order valence-electron chi connectivity index (χ0n) is 10.5. The lowest BCUT2D eigenvalue weighted by Crippen LogP contribution is -2.31. The normalized spacial score (nSPS) is 17.6. The number of aryl methyl sites for hydroxylation is 1. The van der Waals surface area contributed by atoms with E-state index in [9.17, 15) is 13.6 Å². The largest absolute Gasteiger partial charge is 0.469 e. The number of nitrogens with one attached hydrogen (secondary N) is 1. The molecule has 20 heavy (non-hydrogen) atoms. The van der Waals surface area contributed by atoms with Crippen LogP contribution in [-0.4, -0.2) is 10.9 Å². The second-order valence-electron chi connectivity index (χ2n) is 4.68. The summed E-state index contributed by atoms with van der Waals surface area (Å²) in [6, 6.07) is 2.72. The standard InChI is InChI=1S/C14H12F2N2O2/c15-12-9(4-6-17-13(12)16)14(19)18-10-2-1-3-11-8(10)5-7-20-11/h4-7,10H,1-3H2,(H,18,19). The molecule has 2 heterocycles. The summed E-state index contributed by atoms with van der Waals surface area (Å²) in [4.78, 5) is 15.2. The molecule has 0 saturated heterocycles. The molecular weight excluding hydrogens is 266 g/mol. The Balaban J connectivity index is 1.83. The summed E-state index contributed by atoms with van der Waals surface area (Å²) < 4.78 is 31.9. The van der Waals surface area contributed by atoms with E-state index in [1.165, 1.54) is 0 Å². The van der Waals surface area contributed by atoms with E-state index in [-0.39, 0.29) is 11.6 Å². The number of aromatic nitrogens is 1. The van der Waals surface area contributed by atoms with Gasteiger partial charge in [0.05, 0.1) is 17.9 Å². The van der Waals surface area contributed by atoms with Crippen molar-refractivity contribution in [2.24, 2.45) is 0 Å². The Morgan fingerprint density at radius 1 is 1.40 bits per heavy atom. The molecule has 0 aromatic carbocycles. The molecular formula is C14H12F2N2O2. The highest BCUT2D eigenvalue weighted by atomic mass is 19.2. The summed E-state index contributed by atoms with van der Waals surface area (Å²) in [7, 11) is 0. The molecule has 4 nitrogen and oxygen atoms in total. The average molecular weight is 278 g/mol. The summed E-state index contributed by atoms with van der Waals surface area (Å²) in [5.41, 5.74) is 0.563. The molecule has 0 fully saturated rings. The highest BCUT2D eigenvalue weighted by molar-refractivity contribution is 5.94. The minimum atomic E-state index is -1.27. The van der Waals surface area contributed by atoms with Gasteiger partial charge >= 0.3 is 0 Å². The van der Waals surface area contributed by atoms with E-state index in [4.69, 9.17) is 4.42 Å². The predicted octanol–water partition coefficient (Wildman–Crippen LogP) is 2.76. The molecule has 0 saturated carbocycles. The first-order valence-electron chi connectivity index (χ1n) is 6.34. The number of furan rings is 1. The van der Waals surface area contributed by atoms with Gasteiger partial charge in [-0.1, -0.05) is 0 Å². The molecule has 1 N–H and O–H groups in total. The lowest BCUT2D eigenvalue weighted by molar-refractivity contribution is 0.0926. The Bertz CT molecular complexity index is 654. The van der Waals surface area contributed by atoms with Crippen molar-refractivity contribution in [2.45, 2.75) is 25.3 Å². The van der Waals surface area contributed by atoms with Crippen molar-refractivity contribution < 1.29 is 18.0 Å². The van der Waals surface area contributed by atoms with Crippen LogP contribution in [0.1, 0.15) is 40.6 Å². The summed E-state index contributed by atoms with van der Waals surface area (Å²) in [5, 5.41) is 2.71. The molecule has 1 aliphatic carbocycles. The van der Waals surface area contributed by atoms with Gasteiger partial charge in [-0.25, -0.2) is 9.37 Å². The second kappa shape index (κ2) is 5.03. The minimum Gasteiger partial charge on any atom is -0.469 e. The van der Waals surface area contributed by atoms with E-state index < -0.39 is 17.7 Å². The van der Waals surface area contributed by atoms with E-state index in [0.717, 1.165) is 42.8 Å². The van der Waals surface area contributed by atoms with Gasteiger partial charge in [0, 0.05) is 18.2 Å². The van der Waals surface area contributed by atoms with Crippen LogP contribution in [0.15, 0.2) is 29.0 Å². The Morgan fingerprint density at radius 2 is 2.25 bits per heavy atom. The summed E-state index contributed by atoms with van der Waals surface area (Å²) >= 11 is 0. The first-order valence-corrected chi connectivity index (χ1v) is 6.34. The van der Waals surface area contributed by atoms with E-state index in [1.54, 1.807) is 12.3 Å². The number of amides is 1. The maximum Gasteiger partial charge on any atom is 0.254 e. The number of hydrogen-bond donors (Lipinski definition) is 1. The third kappa shape index (κ3) is 2.17. The van der Waals surface area contributed by atoms with Crippen molar-refractivity contribution in [3.05, 3.63) is 53.2 Å². The smallest absolute Gasteiger partial charge is 0.254 e. The van der Waals surface area contributed by atoms with Crippen LogP contribution < -0.4 is 5.32 Å². The highest BCUT2D eigenvalue weighted by Gasteiger charge is 2.25. The summed E-state index contributed by atoms with van der Waals surface area (Å²) in [5.74, 6) is -2.32. The predicted molar refractivity (Wildman–Crippen MR) is 66.0 cm³/mol. The molecule has 0 bridgehead atoms. The highest BCUT2D eigenvalue weighted by Crippen LogP contribution is 2.30. The van der Waals surface area contributed by atoms with E-state index in [2.05, 4.69) is 10.3 Å². The second-order valence-corrected chi connectivity index (χ2v) is 4.68. The van der Waals surface area contributed by atoms with Crippen molar-refractivity contribution in [1.82, 2.24) is 10.3 Å². The van der Waals surface area contributed by atoms with Crippen LogP contribution in [0.5, 0.6) is 0 Å². The third-order valence-corrected chi connectivity index (χ3v) is 3.45. The van der Waals surface area contributed by atoms with Gasteiger partial charge in [-0.3, -0.25) is 4.79 Å². The van der Waals surface area contributed by atoms with Gasteiger partial charge in [0.1, 0.15) is 5.76 Å². The van der Waals surface area contributed by atoms with Crippen molar-refractivity contribution in [3.63, 3.8) is 0 Å². The Morgan fingerprint density at radius 3 is 3.10 bits per heavy atom. The van der Waals surface area contributed by atoms with Crippen molar-refractivity contribution in [1.29, 1.82) is 0 Å². The van der Waals surface area contributed by atoms with Gasteiger partial charge in [0.2, 0.25) is 5.95 Å². The topological polar surface area (TPSA) is 55.1 Å². The molecule has 0 spiro atoms. The lowest BCUT2D eigenvalue weighted by Gasteiger charge is -2.22. The molecule has 2 aromatic rings. The maximum absolute atomic E-state index is 13.5. The SMILES string of the molecule is O=C(NC1CCCc2occc21)c1ccnc(F)c1F. The van der Waals surface area contributed by atoms with E-state index >= 15 is 0 Å². The van der Waals surface area contributed by atoms with Gasteiger partial charge in [0.15, 0.2) is 5.82 Å². The first-order chi connectivity index (χ1) is 9.66. The van der Waals surface area contributed by atoms with Crippen LogP contribution >= 0.6 is 0 Å². The van der Waals surface area contributed by atoms with Crippen LogP contribution in [0, 0.1) is 11.8 Å². The fraction of sp³-hybridized carbons (Fsp3) is 0.286. The molecule has 1 aliphatic rings. The molecule has 0 radical (unpaired) electrons. The van der Waals surface area contributed by atoms with Gasteiger partial charge in [-0.05, 0) is 25.0 Å². The first kappa shape index (κ1) is 12.8. The van der Waals surface area contributed by atoms with Gasteiger partial charge in [0.25, 0.3) is 5.91 Å². The van der Waals surface area contributed by atoms with Crippen LogP contribution in [-0.2, 0) is 6.42 Å². The van der Waals surface area contributed by atoms with Gasteiger partial charge in [-0.2, -0.15) is 4.39 Å². The number of carbonyl (C=O) groups is 1. The molecule has 2 aromatic heterocycles. The number of hydrogen-bond acceptors (Lipinski definition) is 3. The number of carbonyl (C=O) groups excluding carboxylic acids is 1. The molecule has 3 rings (SSSR count). The van der Waals surface area contributed by atoms with Crippen LogP contribution in [0.2, 0.25) is 0 Å². The van der Waals surface area contributed by atoms with E-state index in [0.29, 0.717) is 0 Å². The fourth-order valence-corrected chi connectivity index (χ4v) is 2.47. The van der Waals surface area contributed by atoms with Gasteiger partial charge < -0.3 is 9.73 Å². The summed E-state index contributed by atoms with van der Waals surface area (Å²) in [6.07, 6.45) is 5.08. The minimum absolute atomic E-state index is 0.236. The van der Waals surface area contributed by atoms with Crippen molar-refractivity contribution in [3.8, 4) is 0 Å². The zero-order chi connectivity index (χ0) is 14.1. The van der Waals surface area contributed by atoms with Gasteiger partial charge in [-0.15, -0.1) is 0 Å². The number of fused-ring (bicyclic) bond motifs is 1. The average Bonchev–Trinajstić information content (AvgIpc) is 2.91. The van der Waals surface area contributed by atoms with Crippen LogP contribution in [0.25, 0.3) is 0 Å². The van der Waals surface area contributed by atoms with Crippen LogP contribution in [0.3, 0.4) is 0 Å². The van der Waals surface area contributed by atoms with Crippen LogP contribution in [0.4, 0.5) is 8.78 Å². The maximum atomic E-state index is 13.5. The quantitative estimate of drug-likeness (QED) is 0.859. The monoisotopic (exact) mass is 278 g/mol.